The monoisotopic (exact) mass is 495 g/mol. The molecule has 0 unspecified atom stereocenters. The average Bonchev–Trinajstić information content (AvgIpc) is 3.14. The van der Waals surface area contributed by atoms with Crippen molar-refractivity contribution in [2.75, 3.05) is 19.7 Å². The molecule has 1 N–H and O–H groups in total. The lowest BCUT2D eigenvalue weighted by molar-refractivity contribution is -0.145. The Labute approximate surface area is 207 Å². The number of oxazole rings is 1. The van der Waals surface area contributed by atoms with Crippen molar-refractivity contribution in [2.45, 2.75) is 77.0 Å². The number of nitrogens with one attached hydrogen (secondary N) is 1. The molecule has 2 heterocycles. The topological polar surface area (TPSA) is 67.6 Å². The minimum absolute atomic E-state index is 0. The van der Waals surface area contributed by atoms with Crippen LogP contribution in [0, 0.1) is 13.8 Å². The number of carbonyl (C=O) groups is 1. The van der Waals surface area contributed by atoms with Gasteiger partial charge in [-0.25, -0.2) is 4.98 Å². The standard InChI is InChI=1S/C25H34ClN3O3.ClH/c1-4-27-24(30)23-14-29(22(15-31-23)13-18-5-9-20(26)10-6-18)21-11-7-19(8-12-21)25-28-16(2)17(3)32-25;/h5-6,9-10,19,21-23H,4,7-8,11-15H2,1-3H3,(H,27,30);1H/t19?,21?,22-,23+;/m0./s1. The van der Waals surface area contributed by atoms with E-state index in [2.05, 4.69) is 27.3 Å². The van der Waals surface area contributed by atoms with Crippen molar-refractivity contribution in [1.82, 2.24) is 15.2 Å². The molecule has 4 rings (SSSR count). The highest BCUT2D eigenvalue weighted by Crippen LogP contribution is 2.36. The van der Waals surface area contributed by atoms with Crippen molar-refractivity contribution in [3.63, 3.8) is 0 Å². The molecule has 6 nitrogen and oxygen atoms in total. The lowest BCUT2D eigenvalue weighted by atomic mass is 9.84. The number of hydrogen-bond acceptors (Lipinski definition) is 5. The van der Waals surface area contributed by atoms with Crippen molar-refractivity contribution in [2.24, 2.45) is 0 Å². The van der Waals surface area contributed by atoms with Crippen molar-refractivity contribution in [3.05, 3.63) is 52.2 Å². The normalized spacial score (nSPS) is 25.9. The summed E-state index contributed by atoms with van der Waals surface area (Å²) in [4.78, 5) is 19.7. The molecule has 1 aromatic heterocycles. The van der Waals surface area contributed by atoms with Crippen LogP contribution in [0.3, 0.4) is 0 Å². The number of amides is 1. The second-order valence-electron chi connectivity index (χ2n) is 9.10. The number of aromatic nitrogens is 1. The van der Waals surface area contributed by atoms with E-state index < -0.39 is 6.10 Å². The molecular formula is C25H35Cl2N3O3. The third-order valence-corrected chi connectivity index (χ3v) is 7.18. The number of aryl methyl sites for hydroxylation is 2. The van der Waals surface area contributed by atoms with Gasteiger partial charge in [0.05, 0.1) is 12.3 Å². The molecule has 0 radical (unpaired) electrons. The van der Waals surface area contributed by atoms with Gasteiger partial charge < -0.3 is 14.5 Å². The SMILES string of the molecule is CCNC(=O)[C@H]1CN(C2CCC(c3nc(C)c(C)o3)CC2)[C@@H](Cc2ccc(Cl)cc2)CO1.Cl. The highest BCUT2D eigenvalue weighted by Gasteiger charge is 2.38. The van der Waals surface area contributed by atoms with Crippen LogP contribution in [0.25, 0.3) is 0 Å². The van der Waals surface area contributed by atoms with Crippen LogP contribution in [0.15, 0.2) is 28.7 Å². The Hall–Kier alpha value is -1.60. The number of nitrogens with zero attached hydrogens (tertiary/aromatic N) is 2. The minimum atomic E-state index is -0.411. The highest BCUT2D eigenvalue weighted by atomic mass is 35.5. The molecule has 1 saturated carbocycles. The number of ether oxygens (including phenoxy) is 1. The van der Waals surface area contributed by atoms with E-state index in [1.54, 1.807) is 0 Å². The summed E-state index contributed by atoms with van der Waals surface area (Å²) >= 11 is 6.07. The van der Waals surface area contributed by atoms with Crippen LogP contribution in [0.5, 0.6) is 0 Å². The van der Waals surface area contributed by atoms with Gasteiger partial charge in [0, 0.05) is 36.1 Å². The smallest absolute Gasteiger partial charge is 0.250 e. The lowest BCUT2D eigenvalue weighted by Crippen LogP contribution is -2.58. The second kappa shape index (κ2) is 11.7. The van der Waals surface area contributed by atoms with Crippen LogP contribution in [-0.2, 0) is 16.0 Å². The molecule has 2 aromatic rings. The predicted octanol–water partition coefficient (Wildman–Crippen LogP) is 4.84. The quantitative estimate of drug-likeness (QED) is 0.620. The Kier molecular flexibility index (Phi) is 9.22. The maximum absolute atomic E-state index is 12.5. The predicted molar refractivity (Wildman–Crippen MR) is 132 cm³/mol. The first-order valence-corrected chi connectivity index (χ1v) is 12.2. The first kappa shape index (κ1) is 26.0. The molecule has 1 aliphatic heterocycles. The van der Waals surface area contributed by atoms with E-state index in [1.807, 2.05) is 32.9 Å². The van der Waals surface area contributed by atoms with Gasteiger partial charge in [0.2, 0.25) is 5.91 Å². The summed E-state index contributed by atoms with van der Waals surface area (Å²) in [5.41, 5.74) is 2.23. The molecule has 2 atom stereocenters. The van der Waals surface area contributed by atoms with E-state index in [9.17, 15) is 4.79 Å². The summed E-state index contributed by atoms with van der Waals surface area (Å²) in [5, 5.41) is 3.67. The van der Waals surface area contributed by atoms with Crippen molar-refractivity contribution in [1.29, 1.82) is 0 Å². The summed E-state index contributed by atoms with van der Waals surface area (Å²) in [6.07, 6.45) is 4.74. The molecular weight excluding hydrogens is 461 g/mol. The third kappa shape index (κ3) is 6.30. The van der Waals surface area contributed by atoms with E-state index in [-0.39, 0.29) is 24.4 Å². The summed E-state index contributed by atoms with van der Waals surface area (Å²) in [6, 6.07) is 8.72. The molecule has 182 valence electrons. The van der Waals surface area contributed by atoms with Gasteiger partial charge in [-0.05, 0) is 70.6 Å². The number of benzene rings is 1. The minimum Gasteiger partial charge on any atom is -0.445 e. The molecule has 1 aliphatic carbocycles. The van der Waals surface area contributed by atoms with Crippen molar-refractivity contribution < 1.29 is 13.9 Å². The Morgan fingerprint density at radius 1 is 1.18 bits per heavy atom. The van der Waals surface area contributed by atoms with Gasteiger partial charge in [-0.1, -0.05) is 23.7 Å². The molecule has 1 amide bonds. The molecule has 0 bridgehead atoms. The molecule has 8 heteroatoms. The van der Waals surface area contributed by atoms with Crippen LogP contribution in [-0.4, -0.2) is 53.7 Å². The fraction of sp³-hybridized carbons (Fsp3) is 0.600. The summed E-state index contributed by atoms with van der Waals surface area (Å²) in [6.45, 7) is 7.74. The van der Waals surface area contributed by atoms with Gasteiger partial charge in [-0.15, -0.1) is 12.4 Å². The molecule has 33 heavy (non-hydrogen) atoms. The van der Waals surface area contributed by atoms with Gasteiger partial charge >= 0.3 is 0 Å². The van der Waals surface area contributed by atoms with Gasteiger partial charge in [0.15, 0.2) is 5.89 Å². The van der Waals surface area contributed by atoms with Crippen LogP contribution >= 0.6 is 24.0 Å². The Bertz CT molecular complexity index is 891. The zero-order chi connectivity index (χ0) is 22.7. The summed E-state index contributed by atoms with van der Waals surface area (Å²) < 4.78 is 11.9. The zero-order valence-electron chi connectivity index (χ0n) is 19.7. The van der Waals surface area contributed by atoms with Crippen LogP contribution in [0.4, 0.5) is 0 Å². The van der Waals surface area contributed by atoms with E-state index in [0.717, 1.165) is 54.5 Å². The third-order valence-electron chi connectivity index (χ3n) is 6.92. The van der Waals surface area contributed by atoms with E-state index >= 15 is 0 Å². The largest absolute Gasteiger partial charge is 0.445 e. The second-order valence-corrected chi connectivity index (χ2v) is 9.53. The Morgan fingerprint density at radius 3 is 2.48 bits per heavy atom. The van der Waals surface area contributed by atoms with E-state index in [0.29, 0.717) is 31.7 Å². The van der Waals surface area contributed by atoms with Gasteiger partial charge in [-0.3, -0.25) is 9.69 Å². The fourth-order valence-electron chi connectivity index (χ4n) is 5.01. The molecule has 2 fully saturated rings. The molecule has 0 spiro atoms. The molecule has 1 saturated heterocycles. The first-order chi connectivity index (χ1) is 15.4. The van der Waals surface area contributed by atoms with Crippen molar-refractivity contribution in [3.8, 4) is 0 Å². The lowest BCUT2D eigenvalue weighted by Gasteiger charge is -2.45. The van der Waals surface area contributed by atoms with Crippen LogP contribution < -0.4 is 5.32 Å². The maximum atomic E-state index is 12.5. The van der Waals surface area contributed by atoms with Gasteiger partial charge in [-0.2, -0.15) is 0 Å². The first-order valence-electron chi connectivity index (χ1n) is 11.8. The van der Waals surface area contributed by atoms with E-state index in [1.165, 1.54) is 5.56 Å². The number of carbonyl (C=O) groups excluding carboxylic acids is 1. The number of halogens is 2. The number of rotatable bonds is 6. The summed E-state index contributed by atoms with van der Waals surface area (Å²) in [7, 11) is 0. The summed E-state index contributed by atoms with van der Waals surface area (Å²) in [5.74, 6) is 2.18. The average molecular weight is 496 g/mol. The zero-order valence-corrected chi connectivity index (χ0v) is 21.3. The number of morpholine rings is 1. The van der Waals surface area contributed by atoms with E-state index in [4.69, 9.17) is 20.8 Å². The Morgan fingerprint density at radius 2 is 1.88 bits per heavy atom. The highest BCUT2D eigenvalue weighted by molar-refractivity contribution is 6.30. The molecule has 2 aliphatic rings. The van der Waals surface area contributed by atoms with Crippen LogP contribution in [0.2, 0.25) is 5.02 Å². The van der Waals surface area contributed by atoms with Crippen molar-refractivity contribution >= 4 is 29.9 Å². The molecule has 1 aromatic carbocycles. The fourth-order valence-corrected chi connectivity index (χ4v) is 5.13. The Balaban J connectivity index is 0.00000306. The van der Waals surface area contributed by atoms with Gasteiger partial charge in [0.25, 0.3) is 0 Å². The number of likely N-dealkylation sites (N-methyl/N-ethyl adjacent to an activating group) is 1. The number of hydrogen-bond donors (Lipinski definition) is 1. The maximum Gasteiger partial charge on any atom is 0.250 e. The van der Waals surface area contributed by atoms with Crippen LogP contribution in [0.1, 0.15) is 61.4 Å². The van der Waals surface area contributed by atoms with Gasteiger partial charge in [0.1, 0.15) is 11.9 Å².